The number of carbonyl (C=O) groups is 1. The van der Waals surface area contributed by atoms with Crippen molar-refractivity contribution in [3.8, 4) is 0 Å². The summed E-state index contributed by atoms with van der Waals surface area (Å²) in [5.74, 6) is -0.00261. The summed E-state index contributed by atoms with van der Waals surface area (Å²) in [5, 5.41) is 2.68. The van der Waals surface area contributed by atoms with Crippen molar-refractivity contribution in [3.05, 3.63) is 71.3 Å². The summed E-state index contributed by atoms with van der Waals surface area (Å²) in [7, 11) is 0. The summed E-state index contributed by atoms with van der Waals surface area (Å²) in [6.07, 6.45) is 0.389. The van der Waals surface area contributed by atoms with Crippen LogP contribution in [-0.4, -0.2) is 12.5 Å². The molecule has 0 aliphatic carbocycles. The van der Waals surface area contributed by atoms with Gasteiger partial charge in [-0.2, -0.15) is 0 Å². The van der Waals surface area contributed by atoms with E-state index in [0.717, 1.165) is 16.7 Å². The highest BCUT2D eigenvalue weighted by Crippen LogP contribution is 2.18. The number of amides is 1. The molecule has 1 amide bonds. The van der Waals surface area contributed by atoms with Crippen LogP contribution in [0.3, 0.4) is 0 Å². The zero-order chi connectivity index (χ0) is 14.4. The molecule has 0 radical (unpaired) electrons. The molecule has 0 aliphatic rings. The Morgan fingerprint density at radius 2 is 1.90 bits per heavy atom. The molecule has 0 fully saturated rings. The van der Waals surface area contributed by atoms with Crippen molar-refractivity contribution >= 4 is 17.5 Å². The van der Waals surface area contributed by atoms with Gasteiger partial charge in [-0.25, -0.2) is 0 Å². The largest absolute Gasteiger partial charge is 0.354 e. The molecule has 2 aromatic rings. The second kappa shape index (κ2) is 7.11. The zero-order valence-electron chi connectivity index (χ0n) is 11.5. The Bertz CT molecular complexity index is 568. The van der Waals surface area contributed by atoms with E-state index in [9.17, 15) is 4.79 Å². The predicted molar refractivity (Wildman–Crippen MR) is 82.9 cm³/mol. The second-order valence-corrected chi connectivity index (χ2v) is 5.37. The number of benzene rings is 2. The number of rotatable bonds is 5. The van der Waals surface area contributed by atoms with E-state index in [1.165, 1.54) is 0 Å². The van der Waals surface area contributed by atoms with Gasteiger partial charge in [0.2, 0.25) is 5.91 Å². The van der Waals surface area contributed by atoms with Crippen molar-refractivity contribution in [2.24, 2.45) is 0 Å². The van der Waals surface area contributed by atoms with Crippen LogP contribution in [0.5, 0.6) is 0 Å². The van der Waals surface area contributed by atoms with Gasteiger partial charge in [0.15, 0.2) is 0 Å². The lowest BCUT2D eigenvalue weighted by molar-refractivity contribution is -0.120. The van der Waals surface area contributed by atoms with Gasteiger partial charge in [0.25, 0.3) is 0 Å². The second-order valence-electron chi connectivity index (χ2n) is 4.85. The van der Waals surface area contributed by atoms with Crippen LogP contribution in [0.2, 0.25) is 0 Å². The fourth-order valence-electron chi connectivity index (χ4n) is 2.05. The van der Waals surface area contributed by atoms with E-state index in [4.69, 9.17) is 11.6 Å². The number of carbonyl (C=O) groups excluding carboxylic acids is 1. The molecule has 20 heavy (non-hydrogen) atoms. The lowest BCUT2D eigenvalue weighted by Crippen LogP contribution is -2.28. The van der Waals surface area contributed by atoms with Crippen molar-refractivity contribution in [3.63, 3.8) is 0 Å². The predicted octanol–water partition coefficient (Wildman–Crippen LogP) is 3.63. The Morgan fingerprint density at radius 1 is 1.15 bits per heavy atom. The van der Waals surface area contributed by atoms with Crippen LogP contribution in [-0.2, 0) is 11.2 Å². The molecule has 2 rings (SSSR count). The van der Waals surface area contributed by atoms with Crippen LogP contribution in [0.4, 0.5) is 0 Å². The molecule has 3 heteroatoms. The van der Waals surface area contributed by atoms with E-state index in [1.807, 2.05) is 61.5 Å². The summed E-state index contributed by atoms with van der Waals surface area (Å²) in [6, 6.07) is 17.7. The Kier molecular flexibility index (Phi) is 5.19. The maximum atomic E-state index is 11.9. The number of hydrogen-bond donors (Lipinski definition) is 1. The summed E-state index contributed by atoms with van der Waals surface area (Å²) in [4.78, 5) is 11.9. The van der Waals surface area contributed by atoms with Gasteiger partial charge in [-0.3, -0.25) is 4.79 Å². The quantitative estimate of drug-likeness (QED) is 0.836. The third-order valence-corrected chi connectivity index (χ3v) is 3.49. The van der Waals surface area contributed by atoms with Crippen LogP contribution in [0.1, 0.15) is 22.1 Å². The molecular formula is C17H18ClNO. The Morgan fingerprint density at radius 3 is 2.60 bits per heavy atom. The number of aryl methyl sites for hydroxylation is 1. The topological polar surface area (TPSA) is 29.1 Å². The minimum Gasteiger partial charge on any atom is -0.354 e. The molecular weight excluding hydrogens is 270 g/mol. The van der Waals surface area contributed by atoms with Crippen LogP contribution < -0.4 is 5.32 Å². The molecule has 0 saturated heterocycles. The Balaban J connectivity index is 1.83. The van der Waals surface area contributed by atoms with Gasteiger partial charge in [-0.05, 0) is 18.1 Å². The molecule has 1 N–H and O–H groups in total. The SMILES string of the molecule is Cc1cccc(CC(=O)NCC(Cl)c2ccccc2)c1. The highest BCUT2D eigenvalue weighted by Gasteiger charge is 2.09. The fourth-order valence-corrected chi connectivity index (χ4v) is 2.28. The van der Waals surface area contributed by atoms with E-state index >= 15 is 0 Å². The first-order chi connectivity index (χ1) is 9.65. The standard InChI is InChI=1S/C17H18ClNO/c1-13-6-5-7-14(10-13)11-17(20)19-12-16(18)15-8-3-2-4-9-15/h2-10,16H,11-12H2,1H3,(H,19,20). The molecule has 104 valence electrons. The summed E-state index contributed by atoms with van der Waals surface area (Å²) in [6.45, 7) is 2.46. The first-order valence-corrected chi connectivity index (χ1v) is 7.10. The molecule has 2 nitrogen and oxygen atoms in total. The van der Waals surface area contributed by atoms with Gasteiger partial charge in [0, 0.05) is 6.54 Å². The van der Waals surface area contributed by atoms with Crippen LogP contribution in [0.15, 0.2) is 54.6 Å². The highest BCUT2D eigenvalue weighted by atomic mass is 35.5. The van der Waals surface area contributed by atoms with Crippen LogP contribution in [0, 0.1) is 6.92 Å². The Hall–Kier alpha value is -1.80. The average Bonchev–Trinajstić information content (AvgIpc) is 2.46. The van der Waals surface area contributed by atoms with Crippen molar-refractivity contribution < 1.29 is 4.79 Å². The van der Waals surface area contributed by atoms with Crippen molar-refractivity contribution in [1.29, 1.82) is 0 Å². The average molecular weight is 288 g/mol. The molecule has 0 aromatic heterocycles. The van der Waals surface area contributed by atoms with Crippen molar-refractivity contribution in [2.75, 3.05) is 6.54 Å². The maximum Gasteiger partial charge on any atom is 0.224 e. The number of alkyl halides is 1. The highest BCUT2D eigenvalue weighted by molar-refractivity contribution is 6.21. The number of halogens is 1. The van der Waals surface area contributed by atoms with E-state index in [1.54, 1.807) is 0 Å². The Labute approximate surface area is 124 Å². The van der Waals surface area contributed by atoms with Crippen molar-refractivity contribution in [1.82, 2.24) is 5.32 Å². The molecule has 0 bridgehead atoms. The molecule has 1 unspecified atom stereocenters. The molecule has 0 saturated carbocycles. The number of hydrogen-bond acceptors (Lipinski definition) is 1. The third kappa shape index (κ3) is 4.39. The van der Waals surface area contributed by atoms with Crippen LogP contribution >= 0.6 is 11.6 Å². The molecule has 1 atom stereocenters. The zero-order valence-corrected chi connectivity index (χ0v) is 12.2. The first-order valence-electron chi connectivity index (χ1n) is 6.66. The molecule has 0 spiro atoms. The third-order valence-electron chi connectivity index (χ3n) is 3.09. The van der Waals surface area contributed by atoms with Gasteiger partial charge >= 0.3 is 0 Å². The van der Waals surface area contributed by atoms with E-state index in [0.29, 0.717) is 13.0 Å². The van der Waals surface area contributed by atoms with Gasteiger partial charge in [0.05, 0.1) is 11.8 Å². The molecule has 2 aromatic carbocycles. The van der Waals surface area contributed by atoms with Gasteiger partial charge in [-0.1, -0.05) is 60.2 Å². The van der Waals surface area contributed by atoms with E-state index < -0.39 is 0 Å². The molecule has 0 heterocycles. The minimum absolute atomic E-state index is 0.00261. The lowest BCUT2D eigenvalue weighted by Gasteiger charge is -2.11. The van der Waals surface area contributed by atoms with Gasteiger partial charge < -0.3 is 5.32 Å². The summed E-state index contributed by atoms with van der Waals surface area (Å²) >= 11 is 6.26. The normalized spacial score (nSPS) is 11.9. The lowest BCUT2D eigenvalue weighted by atomic mass is 10.1. The van der Waals surface area contributed by atoms with Crippen LogP contribution in [0.25, 0.3) is 0 Å². The molecule has 0 aliphatic heterocycles. The van der Waals surface area contributed by atoms with Gasteiger partial charge in [-0.15, -0.1) is 11.6 Å². The van der Waals surface area contributed by atoms with Gasteiger partial charge in [0.1, 0.15) is 0 Å². The fraction of sp³-hybridized carbons (Fsp3) is 0.235. The minimum atomic E-state index is -0.197. The number of nitrogens with one attached hydrogen (secondary N) is 1. The monoisotopic (exact) mass is 287 g/mol. The summed E-state index contributed by atoms with van der Waals surface area (Å²) < 4.78 is 0. The van der Waals surface area contributed by atoms with E-state index in [-0.39, 0.29) is 11.3 Å². The first kappa shape index (κ1) is 14.6. The van der Waals surface area contributed by atoms with Crippen molar-refractivity contribution in [2.45, 2.75) is 18.7 Å². The smallest absolute Gasteiger partial charge is 0.224 e. The summed E-state index contributed by atoms with van der Waals surface area (Å²) in [5.41, 5.74) is 3.20. The maximum absolute atomic E-state index is 11.9. The van der Waals surface area contributed by atoms with E-state index in [2.05, 4.69) is 5.32 Å².